The van der Waals surface area contributed by atoms with Gasteiger partial charge in [0.1, 0.15) is 5.75 Å². The molecule has 4 rings (SSSR count). The number of aromatic amines is 1. The molecule has 4 aromatic rings. The van der Waals surface area contributed by atoms with Gasteiger partial charge in [0.2, 0.25) is 0 Å². The number of aromatic hydroxyl groups is 1. The van der Waals surface area contributed by atoms with E-state index in [-0.39, 0.29) is 11.3 Å². The van der Waals surface area contributed by atoms with Gasteiger partial charge in [-0.05, 0) is 41.0 Å². The van der Waals surface area contributed by atoms with Gasteiger partial charge in [-0.1, -0.05) is 24.3 Å². The van der Waals surface area contributed by atoms with E-state index in [0.29, 0.717) is 6.54 Å². The number of hydrogen-bond acceptors (Lipinski definition) is 3. The summed E-state index contributed by atoms with van der Waals surface area (Å²) in [5, 5.41) is 17.6. The zero-order valence-electron chi connectivity index (χ0n) is 12.8. The number of rotatable bonds is 3. The van der Waals surface area contributed by atoms with Gasteiger partial charge >= 0.3 is 0 Å². The molecule has 2 heterocycles. The van der Waals surface area contributed by atoms with E-state index in [1.807, 2.05) is 36.5 Å². The van der Waals surface area contributed by atoms with Gasteiger partial charge < -0.3 is 9.67 Å². The largest absolute Gasteiger partial charge is 0.508 e. The first kappa shape index (κ1) is 14.3. The summed E-state index contributed by atoms with van der Waals surface area (Å²) in [6, 6.07) is 16.3. The first-order chi connectivity index (χ1) is 11.7. The van der Waals surface area contributed by atoms with Crippen LogP contribution in [0.2, 0.25) is 0 Å². The highest BCUT2D eigenvalue weighted by atomic mass is 16.3. The molecule has 0 saturated carbocycles. The molecule has 0 unspecified atom stereocenters. The lowest BCUT2D eigenvalue weighted by Crippen LogP contribution is -2.19. The van der Waals surface area contributed by atoms with Crippen LogP contribution in [-0.2, 0) is 6.54 Å². The number of phenols is 1. The maximum Gasteiger partial charge on any atom is 0.250 e. The summed E-state index contributed by atoms with van der Waals surface area (Å²) in [5.41, 5.74) is 3.71. The number of benzene rings is 2. The quantitative estimate of drug-likeness (QED) is 0.610. The van der Waals surface area contributed by atoms with Crippen molar-refractivity contribution in [3.63, 3.8) is 0 Å². The van der Waals surface area contributed by atoms with E-state index >= 15 is 0 Å². The average Bonchev–Trinajstić information content (AvgIpc) is 3.04. The lowest BCUT2D eigenvalue weighted by Gasteiger charge is -2.09. The fraction of sp³-hybridized carbons (Fsp3) is 0.0526. The molecular weight excluding hydrogens is 302 g/mol. The number of nitrogens with one attached hydrogen (secondary N) is 1. The van der Waals surface area contributed by atoms with E-state index in [1.165, 1.54) is 0 Å². The molecule has 118 valence electrons. The summed E-state index contributed by atoms with van der Waals surface area (Å²) in [4.78, 5) is 12.1. The van der Waals surface area contributed by atoms with Crippen LogP contribution in [0.1, 0.15) is 5.56 Å². The van der Waals surface area contributed by atoms with Crippen molar-refractivity contribution in [2.75, 3.05) is 0 Å². The Hall–Kier alpha value is -3.34. The molecule has 2 aromatic heterocycles. The number of pyridine rings is 1. The van der Waals surface area contributed by atoms with Crippen LogP contribution >= 0.6 is 0 Å². The zero-order valence-corrected chi connectivity index (χ0v) is 12.8. The zero-order chi connectivity index (χ0) is 16.5. The Kier molecular flexibility index (Phi) is 3.39. The SMILES string of the molecule is O=c1ccc(-c2ccc3cn[nH]c3c2)cn1Cc1cccc(O)c1. The van der Waals surface area contributed by atoms with Gasteiger partial charge in [-0.3, -0.25) is 9.89 Å². The summed E-state index contributed by atoms with van der Waals surface area (Å²) >= 11 is 0. The minimum Gasteiger partial charge on any atom is -0.508 e. The summed E-state index contributed by atoms with van der Waals surface area (Å²) < 4.78 is 1.64. The highest BCUT2D eigenvalue weighted by Crippen LogP contribution is 2.22. The summed E-state index contributed by atoms with van der Waals surface area (Å²) in [6.07, 6.45) is 3.62. The normalized spacial score (nSPS) is 11.0. The monoisotopic (exact) mass is 317 g/mol. The summed E-state index contributed by atoms with van der Waals surface area (Å²) in [5.74, 6) is 0.196. The number of aromatic nitrogens is 3. The topological polar surface area (TPSA) is 70.9 Å². The second-order valence-electron chi connectivity index (χ2n) is 5.73. The van der Waals surface area contributed by atoms with E-state index in [4.69, 9.17) is 0 Å². The molecule has 0 amide bonds. The second-order valence-corrected chi connectivity index (χ2v) is 5.73. The van der Waals surface area contributed by atoms with Gasteiger partial charge in [-0.25, -0.2) is 0 Å². The number of nitrogens with zero attached hydrogens (tertiary/aromatic N) is 2. The number of hydrogen-bond donors (Lipinski definition) is 2. The van der Waals surface area contributed by atoms with Crippen LogP contribution in [0.15, 0.2) is 71.8 Å². The molecule has 0 radical (unpaired) electrons. The van der Waals surface area contributed by atoms with Crippen molar-refractivity contribution in [3.05, 3.63) is 82.9 Å². The Balaban J connectivity index is 1.74. The maximum absolute atomic E-state index is 12.1. The summed E-state index contributed by atoms with van der Waals surface area (Å²) in [7, 11) is 0. The molecule has 24 heavy (non-hydrogen) atoms. The fourth-order valence-corrected chi connectivity index (χ4v) is 2.79. The fourth-order valence-electron chi connectivity index (χ4n) is 2.79. The minimum atomic E-state index is -0.0790. The molecule has 2 N–H and O–H groups in total. The Bertz CT molecular complexity index is 1080. The number of H-pyrrole nitrogens is 1. The Morgan fingerprint density at radius 2 is 1.92 bits per heavy atom. The van der Waals surface area contributed by atoms with E-state index in [0.717, 1.165) is 27.6 Å². The third-order valence-electron chi connectivity index (χ3n) is 4.02. The van der Waals surface area contributed by atoms with Crippen molar-refractivity contribution in [1.29, 1.82) is 0 Å². The number of fused-ring (bicyclic) bond motifs is 1. The van der Waals surface area contributed by atoms with Crippen LogP contribution in [0.5, 0.6) is 5.75 Å². The van der Waals surface area contributed by atoms with Crippen LogP contribution in [0.3, 0.4) is 0 Å². The highest BCUT2D eigenvalue weighted by Gasteiger charge is 2.05. The van der Waals surface area contributed by atoms with Gasteiger partial charge in [0, 0.05) is 17.6 Å². The van der Waals surface area contributed by atoms with Crippen molar-refractivity contribution >= 4 is 10.9 Å². The van der Waals surface area contributed by atoms with Crippen LogP contribution in [0.4, 0.5) is 0 Å². The molecule has 0 bridgehead atoms. The highest BCUT2D eigenvalue weighted by molar-refractivity contribution is 5.83. The predicted octanol–water partition coefficient (Wildman–Crippen LogP) is 3.15. The Morgan fingerprint density at radius 1 is 1.04 bits per heavy atom. The average molecular weight is 317 g/mol. The van der Waals surface area contributed by atoms with E-state index in [1.54, 1.807) is 35.0 Å². The molecule has 0 saturated heterocycles. The molecule has 0 aliphatic rings. The minimum absolute atomic E-state index is 0.0790. The van der Waals surface area contributed by atoms with E-state index in [9.17, 15) is 9.90 Å². The van der Waals surface area contributed by atoms with Crippen molar-refractivity contribution in [2.45, 2.75) is 6.54 Å². The van der Waals surface area contributed by atoms with Crippen LogP contribution in [0, 0.1) is 0 Å². The van der Waals surface area contributed by atoms with E-state index < -0.39 is 0 Å². The van der Waals surface area contributed by atoms with Crippen molar-refractivity contribution < 1.29 is 5.11 Å². The van der Waals surface area contributed by atoms with Crippen molar-refractivity contribution in [2.24, 2.45) is 0 Å². The molecule has 5 heteroatoms. The van der Waals surface area contributed by atoms with Gasteiger partial charge in [0.05, 0.1) is 18.3 Å². The van der Waals surface area contributed by atoms with E-state index in [2.05, 4.69) is 10.2 Å². The van der Waals surface area contributed by atoms with Crippen molar-refractivity contribution in [3.8, 4) is 16.9 Å². The third kappa shape index (κ3) is 2.67. The van der Waals surface area contributed by atoms with Gasteiger partial charge in [-0.2, -0.15) is 5.10 Å². The lowest BCUT2D eigenvalue weighted by molar-refractivity contribution is 0.474. The molecule has 2 aromatic carbocycles. The second kappa shape index (κ2) is 5.70. The smallest absolute Gasteiger partial charge is 0.250 e. The standard InChI is InChI=1S/C19H15N3O2/c23-17-3-1-2-13(8-17)11-22-12-16(6-7-19(22)24)14-4-5-15-10-20-21-18(15)9-14/h1-10,12,23H,11H2,(H,20,21). The lowest BCUT2D eigenvalue weighted by atomic mass is 10.1. The van der Waals surface area contributed by atoms with Gasteiger partial charge in [-0.15, -0.1) is 0 Å². The molecule has 0 fully saturated rings. The first-order valence-electron chi connectivity index (χ1n) is 7.61. The van der Waals surface area contributed by atoms with Crippen molar-refractivity contribution in [1.82, 2.24) is 14.8 Å². The molecule has 5 nitrogen and oxygen atoms in total. The Morgan fingerprint density at radius 3 is 2.79 bits per heavy atom. The molecule has 0 spiro atoms. The maximum atomic E-state index is 12.1. The molecular formula is C19H15N3O2. The molecule has 0 atom stereocenters. The number of phenolic OH excluding ortho intramolecular Hbond substituents is 1. The molecule has 0 aliphatic carbocycles. The summed E-state index contributed by atoms with van der Waals surface area (Å²) in [6.45, 7) is 0.410. The predicted molar refractivity (Wildman–Crippen MR) is 93.0 cm³/mol. The first-order valence-corrected chi connectivity index (χ1v) is 7.61. The van der Waals surface area contributed by atoms with Crippen LogP contribution < -0.4 is 5.56 Å². The van der Waals surface area contributed by atoms with Gasteiger partial charge in [0.25, 0.3) is 5.56 Å². The third-order valence-corrected chi connectivity index (χ3v) is 4.02. The molecule has 0 aliphatic heterocycles. The van der Waals surface area contributed by atoms with Gasteiger partial charge in [0.15, 0.2) is 0 Å². The van der Waals surface area contributed by atoms with Crippen LogP contribution in [0.25, 0.3) is 22.0 Å². The Labute approximate surface area is 137 Å². The van der Waals surface area contributed by atoms with Crippen LogP contribution in [-0.4, -0.2) is 19.9 Å².